The van der Waals surface area contributed by atoms with Crippen LogP contribution in [0.3, 0.4) is 0 Å². The van der Waals surface area contributed by atoms with Gasteiger partial charge < -0.3 is 14.2 Å². The number of nitrogens with zero attached hydrogens (tertiary/aromatic N) is 3. The van der Waals surface area contributed by atoms with E-state index in [1.54, 1.807) is 0 Å². The highest BCUT2D eigenvalue weighted by Gasteiger charge is 2.27. The van der Waals surface area contributed by atoms with E-state index in [2.05, 4.69) is 282 Å². The summed E-state index contributed by atoms with van der Waals surface area (Å²) < 4.78 is 2.58. The number of anilines is 5. The highest BCUT2D eigenvalue weighted by Crippen LogP contribution is 2.46. The molecule has 1 unspecified atom stereocenters. The monoisotopic (exact) mass is 958 g/mol. The Kier molecular flexibility index (Phi) is 11.2. The van der Waals surface area contributed by atoms with Crippen molar-refractivity contribution in [2.75, 3.05) is 9.80 Å². The molecule has 0 N–H and O–H groups in total. The van der Waals surface area contributed by atoms with Gasteiger partial charge in [-0.05, 0) is 180 Å². The summed E-state index contributed by atoms with van der Waals surface area (Å²) in [5.41, 5.74) is 16.7. The van der Waals surface area contributed by atoms with Crippen LogP contribution < -0.4 is 9.80 Å². The number of fused-ring (bicyclic) bond motifs is 8. The fraction of sp³-hybridized carbons (Fsp3) is 0.314. The first-order valence-electron chi connectivity index (χ1n) is 26.8. The number of aromatic nitrogens is 1. The summed E-state index contributed by atoms with van der Waals surface area (Å²) in [5.74, 6) is 0. The van der Waals surface area contributed by atoms with Crippen molar-refractivity contribution in [3.8, 4) is 0 Å². The lowest BCUT2D eigenvalue weighted by molar-refractivity contribution is 0.510. The zero-order valence-electron chi connectivity index (χ0n) is 46.2. The third kappa shape index (κ3) is 8.67. The molecule has 2 aromatic heterocycles. The van der Waals surface area contributed by atoms with E-state index in [0.29, 0.717) is 0 Å². The van der Waals surface area contributed by atoms with E-state index in [1.165, 1.54) is 98.8 Å². The van der Waals surface area contributed by atoms with Crippen molar-refractivity contribution < 1.29 is 0 Å². The molecule has 0 spiro atoms. The van der Waals surface area contributed by atoms with Gasteiger partial charge in [-0.25, -0.2) is 0 Å². The van der Waals surface area contributed by atoms with Crippen molar-refractivity contribution in [2.45, 2.75) is 138 Å². The van der Waals surface area contributed by atoms with Crippen LogP contribution in [-0.4, -0.2) is 10.4 Å². The Hall–Kier alpha value is -6.84. The van der Waals surface area contributed by atoms with E-state index in [-0.39, 0.29) is 33.1 Å². The first-order valence-corrected chi connectivity index (χ1v) is 26.8. The van der Waals surface area contributed by atoms with E-state index >= 15 is 0 Å². The Morgan fingerprint density at radius 3 is 1.19 bits per heavy atom. The average Bonchev–Trinajstić information content (AvgIpc) is 3.82. The molecular formula is C70H75N3. The summed E-state index contributed by atoms with van der Waals surface area (Å²) in [4.78, 5) is 4.98. The molecule has 0 radical (unpaired) electrons. The quantitative estimate of drug-likeness (QED) is 0.164. The van der Waals surface area contributed by atoms with Gasteiger partial charge in [0.25, 0.3) is 0 Å². The van der Waals surface area contributed by atoms with Gasteiger partial charge in [-0.15, -0.1) is 0 Å². The van der Waals surface area contributed by atoms with Gasteiger partial charge in [0.15, 0.2) is 0 Å². The fourth-order valence-corrected chi connectivity index (χ4v) is 11.4. The van der Waals surface area contributed by atoms with E-state index < -0.39 is 0 Å². The predicted molar refractivity (Wildman–Crippen MR) is 319 cm³/mol. The summed E-state index contributed by atoms with van der Waals surface area (Å²) in [7, 11) is 0. The van der Waals surface area contributed by atoms with Crippen molar-refractivity contribution >= 4 is 88.1 Å². The summed E-state index contributed by atoms with van der Waals surface area (Å²) >= 11 is 0. The molecule has 1 atom stereocenters. The van der Waals surface area contributed by atoms with Crippen molar-refractivity contribution in [3.63, 3.8) is 0 Å². The SMILES string of the molecule is CC(C)(C)C1=CCC(N(c2ccc(C(C)(C)C)cc2)c2ccc3cc4c5cc(C(C)(C)C)cc6c7cc8ccc(N(c9ccc(C(C)(C)C)cc9)c9ccc(C(C)(C)C)cc9)cc8cc7n(c4cc3c2)c65)C=C1. The molecule has 1 aliphatic carbocycles. The van der Waals surface area contributed by atoms with E-state index in [1.807, 2.05) is 0 Å². The second kappa shape index (κ2) is 16.9. The smallest absolute Gasteiger partial charge is 0.0620 e. The molecule has 370 valence electrons. The average molecular weight is 958 g/mol. The maximum absolute atomic E-state index is 2.58. The molecule has 8 aromatic carbocycles. The molecule has 0 aliphatic heterocycles. The molecule has 73 heavy (non-hydrogen) atoms. The molecule has 11 rings (SSSR count). The Balaban J connectivity index is 1.10. The molecule has 2 heterocycles. The summed E-state index contributed by atoms with van der Waals surface area (Å²) in [6.07, 6.45) is 8.20. The largest absolute Gasteiger partial charge is 0.334 e. The molecular weight excluding hydrogens is 883 g/mol. The Morgan fingerprint density at radius 2 is 0.781 bits per heavy atom. The van der Waals surface area contributed by atoms with Crippen LogP contribution in [0.4, 0.5) is 28.4 Å². The maximum Gasteiger partial charge on any atom is 0.0620 e. The van der Waals surface area contributed by atoms with Crippen LogP contribution in [0.5, 0.6) is 0 Å². The molecule has 0 saturated carbocycles. The molecule has 0 saturated heterocycles. The van der Waals surface area contributed by atoms with Crippen LogP contribution >= 0.6 is 0 Å². The van der Waals surface area contributed by atoms with Gasteiger partial charge in [-0.1, -0.05) is 171 Å². The fourth-order valence-electron chi connectivity index (χ4n) is 11.4. The predicted octanol–water partition coefficient (Wildman–Crippen LogP) is 20.2. The second-order valence-corrected chi connectivity index (χ2v) is 26.5. The zero-order chi connectivity index (χ0) is 51.7. The minimum absolute atomic E-state index is 0.0239. The van der Waals surface area contributed by atoms with Crippen molar-refractivity contribution in [1.29, 1.82) is 0 Å². The summed E-state index contributed by atoms with van der Waals surface area (Å²) in [6.45, 7) is 34.6. The molecule has 0 fully saturated rings. The minimum atomic E-state index is -0.0239. The van der Waals surface area contributed by atoms with E-state index in [0.717, 1.165) is 23.5 Å². The molecule has 0 bridgehead atoms. The highest BCUT2D eigenvalue weighted by molar-refractivity contribution is 6.26. The van der Waals surface area contributed by atoms with Crippen LogP contribution in [0.1, 0.15) is 133 Å². The highest BCUT2D eigenvalue weighted by atomic mass is 15.2. The Labute approximate surface area is 435 Å². The van der Waals surface area contributed by atoms with Crippen LogP contribution in [0.15, 0.2) is 169 Å². The van der Waals surface area contributed by atoms with E-state index in [9.17, 15) is 0 Å². The standard InChI is InChI=1S/C70H75N3/c1-66(2,3)48-18-28-53(29-19-48)71(54-30-20-49(21-31-54)67(4,5)6)57-26-16-44-38-59-61-42-52(70(13,14)15)43-62-60-39-45-17-27-58(37-47(45)41-64(60)73(65(61)62)63(59)40-46(44)36-57)72(55-32-22-50(23-33-55)68(7,8)9)56-34-24-51(25-35-56)69(10,11)12/h16-34,36-43,56H,35H2,1-15H3. The van der Waals surface area contributed by atoms with Crippen LogP contribution in [-0.2, 0) is 21.7 Å². The van der Waals surface area contributed by atoms with Crippen LogP contribution in [0.25, 0.3) is 59.6 Å². The first kappa shape index (κ1) is 48.4. The number of allylic oxidation sites excluding steroid dienone is 2. The maximum atomic E-state index is 2.58. The second-order valence-electron chi connectivity index (χ2n) is 26.5. The van der Waals surface area contributed by atoms with Gasteiger partial charge in [0.05, 0.1) is 22.6 Å². The van der Waals surface area contributed by atoms with Gasteiger partial charge >= 0.3 is 0 Å². The third-order valence-electron chi connectivity index (χ3n) is 15.9. The normalized spacial score (nSPS) is 15.2. The topological polar surface area (TPSA) is 10.9 Å². The molecule has 3 heteroatoms. The minimum Gasteiger partial charge on any atom is -0.334 e. The van der Waals surface area contributed by atoms with Crippen LogP contribution in [0, 0.1) is 5.41 Å². The lowest BCUT2D eigenvalue weighted by Gasteiger charge is -2.35. The third-order valence-corrected chi connectivity index (χ3v) is 15.9. The lowest BCUT2D eigenvalue weighted by Crippen LogP contribution is -2.31. The van der Waals surface area contributed by atoms with Gasteiger partial charge in [0, 0.05) is 50.0 Å². The number of benzene rings is 8. The summed E-state index contributed by atoms with van der Waals surface area (Å²) in [6, 6.07) is 56.9. The summed E-state index contributed by atoms with van der Waals surface area (Å²) in [5, 5.41) is 10.2. The van der Waals surface area contributed by atoms with Crippen LogP contribution in [0.2, 0.25) is 0 Å². The Morgan fingerprint density at radius 1 is 0.370 bits per heavy atom. The number of hydrogen-bond donors (Lipinski definition) is 0. The molecule has 3 nitrogen and oxygen atoms in total. The van der Waals surface area contributed by atoms with Crippen molar-refractivity contribution in [3.05, 3.63) is 192 Å². The number of rotatable bonds is 6. The van der Waals surface area contributed by atoms with Crippen molar-refractivity contribution in [2.24, 2.45) is 5.41 Å². The molecule has 10 aromatic rings. The number of hydrogen-bond acceptors (Lipinski definition) is 2. The van der Waals surface area contributed by atoms with E-state index in [4.69, 9.17) is 0 Å². The molecule has 0 amide bonds. The Bertz CT molecular complexity index is 3750. The van der Waals surface area contributed by atoms with Gasteiger partial charge in [-0.2, -0.15) is 0 Å². The lowest BCUT2D eigenvalue weighted by atomic mass is 9.82. The van der Waals surface area contributed by atoms with Gasteiger partial charge in [-0.3, -0.25) is 0 Å². The van der Waals surface area contributed by atoms with Gasteiger partial charge in [0.2, 0.25) is 0 Å². The first-order chi connectivity index (χ1) is 34.3. The van der Waals surface area contributed by atoms with Gasteiger partial charge in [0.1, 0.15) is 0 Å². The molecule has 1 aliphatic rings. The zero-order valence-corrected chi connectivity index (χ0v) is 46.2. The van der Waals surface area contributed by atoms with Crippen molar-refractivity contribution in [1.82, 2.24) is 4.40 Å².